The van der Waals surface area contributed by atoms with E-state index in [1.165, 1.54) is 12.1 Å². The van der Waals surface area contributed by atoms with E-state index in [4.69, 9.17) is 0 Å². The van der Waals surface area contributed by atoms with Gasteiger partial charge in [-0.15, -0.1) is 0 Å². The van der Waals surface area contributed by atoms with Crippen molar-refractivity contribution >= 4 is 33.3 Å². The van der Waals surface area contributed by atoms with Crippen molar-refractivity contribution in [2.75, 3.05) is 45.2 Å². The molecule has 114 valence electrons. The van der Waals surface area contributed by atoms with E-state index >= 15 is 0 Å². The normalized spacial score (nSPS) is 15.0. The number of urea groups is 1. The quantitative estimate of drug-likeness (QED) is 0.601. The highest BCUT2D eigenvalue weighted by molar-refractivity contribution is 9.10. The number of carbonyl (C=O) groups is 1. The molecule has 1 aromatic rings. The third kappa shape index (κ3) is 3.44. The number of nitro benzene ring substituents is 1. The van der Waals surface area contributed by atoms with Gasteiger partial charge in [-0.1, -0.05) is 0 Å². The first-order valence-electron chi connectivity index (χ1n) is 6.55. The van der Waals surface area contributed by atoms with Gasteiger partial charge >= 0.3 is 6.03 Å². The molecule has 1 heterocycles. The first kappa shape index (κ1) is 15.6. The average Bonchev–Trinajstić information content (AvgIpc) is 2.46. The van der Waals surface area contributed by atoms with Crippen LogP contribution < -0.4 is 4.90 Å². The number of piperazine rings is 1. The van der Waals surface area contributed by atoms with Gasteiger partial charge in [-0.2, -0.15) is 0 Å². The van der Waals surface area contributed by atoms with E-state index in [0.29, 0.717) is 30.7 Å². The Morgan fingerprint density at radius 2 is 1.90 bits per heavy atom. The highest BCUT2D eigenvalue weighted by atomic mass is 79.9. The molecule has 0 radical (unpaired) electrons. The zero-order chi connectivity index (χ0) is 15.6. The van der Waals surface area contributed by atoms with Gasteiger partial charge in [0.2, 0.25) is 0 Å². The summed E-state index contributed by atoms with van der Waals surface area (Å²) in [6.45, 7) is 2.69. The zero-order valence-corrected chi connectivity index (χ0v) is 13.5. The Kier molecular flexibility index (Phi) is 4.66. The van der Waals surface area contributed by atoms with Crippen LogP contribution in [-0.2, 0) is 0 Å². The molecule has 0 saturated carbocycles. The molecule has 1 fully saturated rings. The summed E-state index contributed by atoms with van der Waals surface area (Å²) in [5.41, 5.74) is 0.976. The minimum absolute atomic E-state index is 0.0115. The molecular weight excluding hydrogens is 340 g/mol. The summed E-state index contributed by atoms with van der Waals surface area (Å²) in [5.74, 6) is 0. The smallest absolute Gasteiger partial charge is 0.319 e. The van der Waals surface area contributed by atoms with Crippen LogP contribution in [0.3, 0.4) is 0 Å². The Morgan fingerprint density at radius 1 is 1.29 bits per heavy atom. The van der Waals surface area contributed by atoms with Crippen LogP contribution in [0.15, 0.2) is 22.7 Å². The molecule has 21 heavy (non-hydrogen) atoms. The van der Waals surface area contributed by atoms with E-state index in [0.717, 1.165) is 5.69 Å². The second kappa shape index (κ2) is 6.30. The van der Waals surface area contributed by atoms with Gasteiger partial charge < -0.3 is 14.7 Å². The lowest BCUT2D eigenvalue weighted by Crippen LogP contribution is -2.51. The van der Waals surface area contributed by atoms with Crippen molar-refractivity contribution in [3.63, 3.8) is 0 Å². The van der Waals surface area contributed by atoms with E-state index in [9.17, 15) is 14.9 Å². The molecule has 1 saturated heterocycles. The van der Waals surface area contributed by atoms with Crippen LogP contribution in [0.25, 0.3) is 0 Å². The van der Waals surface area contributed by atoms with Gasteiger partial charge in [0.15, 0.2) is 0 Å². The molecule has 0 unspecified atom stereocenters. The van der Waals surface area contributed by atoms with Crippen LogP contribution in [-0.4, -0.2) is 61.0 Å². The first-order chi connectivity index (χ1) is 9.90. The third-order valence-electron chi connectivity index (χ3n) is 3.42. The second-order valence-corrected chi connectivity index (χ2v) is 5.90. The zero-order valence-electron chi connectivity index (χ0n) is 12.0. The van der Waals surface area contributed by atoms with Crippen molar-refractivity contribution in [3.8, 4) is 0 Å². The van der Waals surface area contributed by atoms with Crippen LogP contribution in [0.2, 0.25) is 0 Å². The summed E-state index contributed by atoms with van der Waals surface area (Å²) in [4.78, 5) is 27.7. The monoisotopic (exact) mass is 356 g/mol. The lowest BCUT2D eigenvalue weighted by Gasteiger charge is -2.37. The van der Waals surface area contributed by atoms with Crippen LogP contribution in [0.4, 0.5) is 16.2 Å². The Hall–Kier alpha value is -1.83. The van der Waals surface area contributed by atoms with Crippen molar-refractivity contribution < 1.29 is 9.72 Å². The lowest BCUT2D eigenvalue weighted by atomic mass is 10.2. The predicted octanol–water partition coefficient (Wildman–Crippen LogP) is 2.16. The van der Waals surface area contributed by atoms with E-state index in [1.54, 1.807) is 30.0 Å². The number of anilines is 1. The Labute approximate surface area is 131 Å². The van der Waals surface area contributed by atoms with Gasteiger partial charge in [-0.3, -0.25) is 10.1 Å². The minimum atomic E-state index is -0.414. The molecule has 0 bridgehead atoms. The topological polar surface area (TPSA) is 69.9 Å². The fraction of sp³-hybridized carbons (Fsp3) is 0.462. The minimum Gasteiger partial charge on any atom is -0.367 e. The number of rotatable bonds is 2. The number of benzene rings is 1. The Bertz CT molecular complexity index is 556. The van der Waals surface area contributed by atoms with Crippen LogP contribution in [0.1, 0.15) is 0 Å². The highest BCUT2D eigenvalue weighted by Gasteiger charge is 2.23. The molecule has 1 aliphatic rings. The summed E-state index contributed by atoms with van der Waals surface area (Å²) < 4.78 is 0.698. The summed E-state index contributed by atoms with van der Waals surface area (Å²) >= 11 is 3.38. The van der Waals surface area contributed by atoms with Crippen molar-refractivity contribution in [3.05, 3.63) is 32.8 Å². The number of hydrogen-bond acceptors (Lipinski definition) is 4. The largest absolute Gasteiger partial charge is 0.367 e. The van der Waals surface area contributed by atoms with E-state index in [1.807, 2.05) is 0 Å². The highest BCUT2D eigenvalue weighted by Crippen LogP contribution is 2.30. The van der Waals surface area contributed by atoms with Crippen LogP contribution in [0, 0.1) is 10.1 Å². The predicted molar refractivity (Wildman–Crippen MR) is 83.7 cm³/mol. The maximum Gasteiger partial charge on any atom is 0.319 e. The van der Waals surface area contributed by atoms with Gasteiger partial charge in [0.05, 0.1) is 10.6 Å². The van der Waals surface area contributed by atoms with Gasteiger partial charge in [0, 0.05) is 56.9 Å². The molecule has 2 amide bonds. The molecule has 0 spiro atoms. The number of nitrogens with zero attached hydrogens (tertiary/aromatic N) is 4. The maximum atomic E-state index is 11.9. The number of carbonyl (C=O) groups excluding carboxylic acids is 1. The van der Waals surface area contributed by atoms with Crippen molar-refractivity contribution in [1.82, 2.24) is 9.80 Å². The molecule has 0 atom stereocenters. The molecule has 0 aromatic heterocycles. The van der Waals surface area contributed by atoms with E-state index in [-0.39, 0.29) is 11.7 Å². The van der Waals surface area contributed by atoms with Gasteiger partial charge in [0.1, 0.15) is 0 Å². The second-order valence-electron chi connectivity index (χ2n) is 5.04. The van der Waals surface area contributed by atoms with Crippen molar-refractivity contribution in [2.24, 2.45) is 0 Å². The molecule has 0 aliphatic carbocycles. The average molecular weight is 357 g/mol. The SMILES string of the molecule is CN(C)C(=O)N1CCN(c2ccc([N+](=O)[O-])cc2Br)CC1. The van der Waals surface area contributed by atoms with E-state index in [2.05, 4.69) is 20.8 Å². The molecule has 0 N–H and O–H groups in total. The number of halogens is 1. The summed E-state index contributed by atoms with van der Waals surface area (Å²) in [7, 11) is 3.48. The first-order valence-corrected chi connectivity index (χ1v) is 7.34. The van der Waals surface area contributed by atoms with E-state index < -0.39 is 4.92 Å². The van der Waals surface area contributed by atoms with Gasteiger partial charge in [-0.25, -0.2) is 4.79 Å². The fourth-order valence-corrected chi connectivity index (χ4v) is 2.90. The number of nitro groups is 1. The summed E-state index contributed by atoms with van der Waals surface area (Å²) in [5, 5.41) is 10.7. The maximum absolute atomic E-state index is 11.9. The molecule has 1 aliphatic heterocycles. The molecule has 2 rings (SSSR count). The number of non-ortho nitro benzene ring substituents is 1. The fourth-order valence-electron chi connectivity index (χ4n) is 2.29. The Balaban J connectivity index is 2.06. The van der Waals surface area contributed by atoms with Crippen molar-refractivity contribution in [2.45, 2.75) is 0 Å². The molecule has 1 aromatic carbocycles. The Morgan fingerprint density at radius 3 is 2.38 bits per heavy atom. The molecular formula is C13H17BrN4O3. The number of hydrogen-bond donors (Lipinski definition) is 0. The van der Waals surface area contributed by atoms with Crippen LogP contribution in [0.5, 0.6) is 0 Å². The summed E-state index contributed by atoms with van der Waals surface area (Å²) in [6, 6.07) is 4.76. The lowest BCUT2D eigenvalue weighted by molar-refractivity contribution is -0.384. The summed E-state index contributed by atoms with van der Waals surface area (Å²) in [6.07, 6.45) is 0. The van der Waals surface area contributed by atoms with Crippen LogP contribution >= 0.6 is 15.9 Å². The standard InChI is InChI=1S/C13H17BrN4O3/c1-15(2)13(19)17-7-5-16(6-8-17)12-4-3-10(18(20)21)9-11(12)14/h3-4,9H,5-8H2,1-2H3. The van der Waals surface area contributed by atoms with Crippen molar-refractivity contribution in [1.29, 1.82) is 0 Å². The molecule has 7 nitrogen and oxygen atoms in total. The third-order valence-corrected chi connectivity index (χ3v) is 4.05. The van der Waals surface area contributed by atoms with Gasteiger partial charge in [0.25, 0.3) is 5.69 Å². The molecule has 8 heteroatoms. The number of amides is 2. The van der Waals surface area contributed by atoms with Gasteiger partial charge in [-0.05, 0) is 22.0 Å².